The zero-order chi connectivity index (χ0) is 34.4. The molecule has 47 heavy (non-hydrogen) atoms. The number of amides is 2. The van der Waals surface area contributed by atoms with E-state index < -0.39 is 76.1 Å². The number of carboxylic acids is 1. The van der Waals surface area contributed by atoms with Crippen LogP contribution < -0.4 is 45.9 Å². The van der Waals surface area contributed by atoms with Crippen LogP contribution in [0.4, 0.5) is 0 Å². The van der Waals surface area contributed by atoms with Crippen molar-refractivity contribution in [2.45, 2.75) is 52.1 Å². The van der Waals surface area contributed by atoms with Crippen LogP contribution in [0.15, 0.2) is 87.5 Å². The average Bonchev–Trinajstić information content (AvgIpc) is 2.95. The molecule has 0 aliphatic carbocycles. The second-order valence-corrected chi connectivity index (χ2v) is 14.3. The maximum Gasteiger partial charge on any atom is 1.00 e. The van der Waals surface area contributed by atoms with Gasteiger partial charge in [-0.3, -0.25) is 23.2 Å². The standard InChI is InChI=1S/C27H29N3O13S3.Na/c28-22(13-16-1-7-19(8-2-16)44(35,36)37)25(31)29-23(14-17-3-9-20(10-4-17)45(38,39)40)26(32)30-24(27(33)34)15-18-5-11-21(12-6-18)46(41,42)43;/h1-12,22-24H,13-15,28H2,(H,29,31)(H,30,32)(H,33,34)(H,35,36,37)(H,38,39,40)(H,41,42,43);/q;+1. The maximum absolute atomic E-state index is 13.4. The van der Waals surface area contributed by atoms with Crippen molar-refractivity contribution in [3.05, 3.63) is 89.5 Å². The predicted octanol–water partition coefficient (Wildman–Crippen LogP) is -3.16. The smallest absolute Gasteiger partial charge is 0.480 e. The molecule has 0 aliphatic heterocycles. The molecule has 3 atom stereocenters. The van der Waals surface area contributed by atoms with Gasteiger partial charge in [-0.2, -0.15) is 25.3 Å². The van der Waals surface area contributed by atoms with Crippen LogP contribution in [0.3, 0.4) is 0 Å². The monoisotopic (exact) mass is 722 g/mol. The van der Waals surface area contributed by atoms with E-state index in [4.69, 9.17) is 14.8 Å². The number of aliphatic carboxylic acids is 1. The molecule has 248 valence electrons. The zero-order valence-corrected chi connectivity index (χ0v) is 29.0. The molecule has 0 bridgehead atoms. The third kappa shape index (κ3) is 12.1. The summed E-state index contributed by atoms with van der Waals surface area (Å²) in [4.78, 5) is 37.1. The number of carboxylic acid groups (broad SMARTS) is 1. The fraction of sp³-hybridized carbons (Fsp3) is 0.222. The molecule has 3 rings (SSSR count). The van der Waals surface area contributed by atoms with Gasteiger partial charge in [-0.1, -0.05) is 36.4 Å². The Morgan fingerprint density at radius 1 is 0.553 bits per heavy atom. The van der Waals surface area contributed by atoms with Crippen LogP contribution >= 0.6 is 0 Å². The van der Waals surface area contributed by atoms with E-state index in [1.165, 1.54) is 36.4 Å². The van der Waals surface area contributed by atoms with E-state index >= 15 is 0 Å². The molecule has 8 N–H and O–H groups in total. The fourth-order valence-electron chi connectivity index (χ4n) is 4.17. The van der Waals surface area contributed by atoms with Gasteiger partial charge in [0.25, 0.3) is 30.4 Å². The third-order valence-corrected chi connectivity index (χ3v) is 9.19. The summed E-state index contributed by atoms with van der Waals surface area (Å²) < 4.78 is 95.4. The number of carbonyl (C=O) groups is 3. The first kappa shape index (κ1) is 39.9. The molecule has 0 saturated carbocycles. The number of rotatable bonds is 14. The normalized spacial score (nSPS) is 13.8. The van der Waals surface area contributed by atoms with Gasteiger partial charge in [0.15, 0.2) is 0 Å². The van der Waals surface area contributed by atoms with Gasteiger partial charge >= 0.3 is 35.5 Å². The summed E-state index contributed by atoms with van der Waals surface area (Å²) in [5.41, 5.74) is 7.00. The molecule has 3 aromatic rings. The van der Waals surface area contributed by atoms with Gasteiger partial charge in [0.1, 0.15) is 12.1 Å². The van der Waals surface area contributed by atoms with E-state index in [0.717, 1.165) is 36.4 Å². The van der Waals surface area contributed by atoms with Gasteiger partial charge < -0.3 is 21.5 Å². The summed E-state index contributed by atoms with van der Waals surface area (Å²) in [6.07, 6.45) is -0.740. The molecule has 2 amide bonds. The minimum Gasteiger partial charge on any atom is -0.480 e. The van der Waals surface area contributed by atoms with Crippen LogP contribution in [-0.2, 0) is 64.0 Å². The van der Waals surface area contributed by atoms with Crippen LogP contribution in [0.1, 0.15) is 16.7 Å². The Labute approximate surface area is 292 Å². The van der Waals surface area contributed by atoms with Gasteiger partial charge in [0.2, 0.25) is 11.8 Å². The first-order valence-corrected chi connectivity index (χ1v) is 17.3. The van der Waals surface area contributed by atoms with Crippen LogP contribution in [0.2, 0.25) is 0 Å². The first-order valence-electron chi connectivity index (χ1n) is 13.0. The predicted molar refractivity (Wildman–Crippen MR) is 159 cm³/mol. The van der Waals surface area contributed by atoms with Crippen LogP contribution in [-0.4, -0.2) is 79.9 Å². The molecule has 0 fully saturated rings. The quantitative estimate of drug-likeness (QED) is 0.0639. The van der Waals surface area contributed by atoms with Crippen molar-refractivity contribution in [3.8, 4) is 0 Å². The van der Waals surface area contributed by atoms with Gasteiger partial charge in [-0.05, 0) is 59.5 Å². The Hall–Kier alpha value is -3.24. The number of carbonyl (C=O) groups excluding carboxylic acids is 2. The number of nitrogens with two attached hydrogens (primary N) is 1. The topological polar surface area (TPSA) is 285 Å². The molecule has 3 aromatic carbocycles. The summed E-state index contributed by atoms with van der Waals surface area (Å²) in [5, 5.41) is 14.5. The van der Waals surface area contributed by atoms with Crippen molar-refractivity contribution in [1.82, 2.24) is 10.6 Å². The van der Waals surface area contributed by atoms with Crippen molar-refractivity contribution in [2.75, 3.05) is 0 Å². The van der Waals surface area contributed by atoms with Crippen molar-refractivity contribution in [2.24, 2.45) is 5.73 Å². The van der Waals surface area contributed by atoms with Gasteiger partial charge in [0.05, 0.1) is 20.7 Å². The Morgan fingerprint density at radius 3 is 1.17 bits per heavy atom. The van der Waals surface area contributed by atoms with Crippen LogP contribution in [0.25, 0.3) is 0 Å². The molecule has 0 radical (unpaired) electrons. The summed E-state index contributed by atoms with van der Waals surface area (Å²) in [6.45, 7) is 0. The van der Waals surface area contributed by atoms with E-state index in [9.17, 15) is 49.3 Å². The van der Waals surface area contributed by atoms with Gasteiger partial charge in [0, 0.05) is 12.8 Å². The minimum atomic E-state index is -4.53. The number of hydrogen-bond donors (Lipinski definition) is 7. The molecule has 0 saturated heterocycles. The summed E-state index contributed by atoms with van der Waals surface area (Å²) in [6, 6.07) is 9.72. The van der Waals surface area contributed by atoms with Crippen molar-refractivity contribution in [1.29, 1.82) is 0 Å². The van der Waals surface area contributed by atoms with Crippen LogP contribution in [0, 0.1) is 0 Å². The van der Waals surface area contributed by atoms with E-state index in [1.54, 1.807) is 0 Å². The van der Waals surface area contributed by atoms with E-state index in [2.05, 4.69) is 10.6 Å². The Kier molecular flexibility index (Phi) is 13.8. The number of benzene rings is 3. The molecule has 3 unspecified atom stereocenters. The molecule has 0 aliphatic rings. The van der Waals surface area contributed by atoms with Gasteiger partial charge in [-0.15, -0.1) is 0 Å². The summed E-state index contributed by atoms with van der Waals surface area (Å²) >= 11 is 0. The Bertz CT molecular complexity index is 1920. The number of hydrogen-bond acceptors (Lipinski definition) is 10. The van der Waals surface area contributed by atoms with Crippen LogP contribution in [0.5, 0.6) is 0 Å². The average molecular weight is 723 g/mol. The largest absolute Gasteiger partial charge is 1.00 e. The summed E-state index contributed by atoms with van der Waals surface area (Å²) in [7, 11) is -13.5. The van der Waals surface area contributed by atoms with Crippen molar-refractivity contribution in [3.63, 3.8) is 0 Å². The Morgan fingerprint density at radius 2 is 0.851 bits per heavy atom. The first-order chi connectivity index (χ1) is 21.2. The second kappa shape index (κ2) is 16.2. The van der Waals surface area contributed by atoms with Crippen molar-refractivity contribution < 1.29 is 88.0 Å². The minimum absolute atomic E-state index is 0. The summed E-state index contributed by atoms with van der Waals surface area (Å²) in [5.74, 6) is -3.31. The molecule has 0 aromatic heterocycles. The SMILES string of the molecule is NC(Cc1ccc(S(=O)(=O)O)cc1)C(=O)NC(Cc1ccc(S(=O)(=O)O)cc1)C(=O)NC(Cc1ccc(S(=O)(=O)O)cc1)C(=O)O.[Na+]. The van der Waals surface area contributed by atoms with Crippen molar-refractivity contribution >= 4 is 48.1 Å². The zero-order valence-electron chi connectivity index (χ0n) is 24.5. The molecule has 0 heterocycles. The number of nitrogens with one attached hydrogen (secondary N) is 2. The van der Waals surface area contributed by atoms with Gasteiger partial charge in [-0.25, -0.2) is 4.79 Å². The second-order valence-electron chi connectivity index (χ2n) is 10.0. The molecule has 16 nitrogen and oxygen atoms in total. The Balaban J connectivity index is 0.00000768. The molecule has 0 spiro atoms. The fourth-order valence-corrected chi connectivity index (χ4v) is 5.61. The van der Waals surface area contributed by atoms with E-state index in [0.29, 0.717) is 11.1 Å². The molecular formula is C27H29N3NaO13S3+. The maximum atomic E-state index is 13.4. The van der Waals surface area contributed by atoms with E-state index in [1.807, 2.05) is 0 Å². The molecular weight excluding hydrogens is 693 g/mol. The third-order valence-electron chi connectivity index (χ3n) is 6.58. The molecule has 20 heteroatoms. The van der Waals surface area contributed by atoms with E-state index in [-0.39, 0.29) is 59.3 Å².